The van der Waals surface area contributed by atoms with Gasteiger partial charge >= 0.3 is 11.9 Å². The topological polar surface area (TPSA) is 127 Å². The Morgan fingerprint density at radius 2 is 0.970 bits per heavy atom. The van der Waals surface area contributed by atoms with Crippen LogP contribution >= 0.6 is 0 Å². The van der Waals surface area contributed by atoms with E-state index in [4.69, 9.17) is 9.68 Å². The molecule has 1 aliphatic carbocycles. The predicted molar refractivity (Wildman–Crippen MR) is 108 cm³/mol. The van der Waals surface area contributed by atoms with Crippen molar-refractivity contribution < 1.29 is 38.4 Å². The van der Waals surface area contributed by atoms with Crippen molar-refractivity contribution in [2.45, 2.75) is 32.1 Å². The molecule has 0 N–H and O–H groups in total. The van der Waals surface area contributed by atoms with E-state index in [-0.39, 0.29) is 36.8 Å². The highest BCUT2D eigenvalue weighted by atomic mass is 16.7. The number of fused-ring (bicyclic) bond motifs is 3. The minimum absolute atomic E-state index is 0.00280. The molecule has 0 aromatic heterocycles. The van der Waals surface area contributed by atoms with Gasteiger partial charge in [-0.25, -0.2) is 9.59 Å². The van der Waals surface area contributed by atoms with Crippen molar-refractivity contribution in [3.63, 3.8) is 0 Å². The fourth-order valence-electron chi connectivity index (χ4n) is 4.01. The van der Waals surface area contributed by atoms with E-state index in [1.54, 1.807) is 24.3 Å². The monoisotopic (exact) mass is 448 g/mol. The molecule has 0 atom stereocenters. The molecule has 4 amide bonds. The van der Waals surface area contributed by atoms with Crippen molar-refractivity contribution in [2.75, 3.05) is 0 Å². The van der Waals surface area contributed by atoms with Crippen LogP contribution in [0.15, 0.2) is 36.4 Å². The van der Waals surface area contributed by atoms with E-state index in [1.807, 2.05) is 0 Å². The number of benzene rings is 2. The summed E-state index contributed by atoms with van der Waals surface area (Å²) in [6.07, 6.45) is 0.560. The van der Waals surface area contributed by atoms with Gasteiger partial charge in [-0.3, -0.25) is 19.2 Å². The number of carbonyl (C=O) groups excluding carboxylic acids is 6. The van der Waals surface area contributed by atoms with Crippen molar-refractivity contribution in [3.05, 3.63) is 58.7 Å². The van der Waals surface area contributed by atoms with Crippen LogP contribution in [0.2, 0.25) is 0 Å². The number of imide groups is 2. The summed E-state index contributed by atoms with van der Waals surface area (Å²) in [5.74, 6) is -3.99. The molecule has 2 aromatic rings. The standard InChI is InChI=1S/C23H16N2O8/c26-18-5-6-19(27)24(18)32-22(30)14-3-1-12-9-13-2-4-15(11-17(13)16(12)10-14)23(31)33-25-20(28)7-8-21(25)29/h1-4,10-11H,5-9H2. The van der Waals surface area contributed by atoms with Gasteiger partial charge in [-0.15, -0.1) is 10.1 Å². The van der Waals surface area contributed by atoms with Gasteiger partial charge in [0.05, 0.1) is 11.1 Å². The molecule has 3 aliphatic rings. The summed E-state index contributed by atoms with van der Waals surface area (Å²) < 4.78 is 0. The normalized spacial score (nSPS) is 16.8. The van der Waals surface area contributed by atoms with Gasteiger partial charge in [-0.05, 0) is 52.9 Å². The van der Waals surface area contributed by atoms with Crippen LogP contribution in [0.25, 0.3) is 11.1 Å². The van der Waals surface area contributed by atoms with Gasteiger partial charge in [0, 0.05) is 25.7 Å². The molecule has 0 saturated carbocycles. The van der Waals surface area contributed by atoms with E-state index >= 15 is 0 Å². The first kappa shape index (κ1) is 20.6. The highest BCUT2D eigenvalue weighted by Gasteiger charge is 2.35. The fourth-order valence-corrected chi connectivity index (χ4v) is 4.01. The van der Waals surface area contributed by atoms with Crippen LogP contribution in [0.4, 0.5) is 0 Å². The van der Waals surface area contributed by atoms with Crippen molar-refractivity contribution in [1.29, 1.82) is 0 Å². The smallest absolute Gasteiger partial charge is 0.325 e. The second kappa shape index (κ2) is 7.66. The highest BCUT2D eigenvalue weighted by Crippen LogP contribution is 2.38. The van der Waals surface area contributed by atoms with Crippen molar-refractivity contribution >= 4 is 35.6 Å². The van der Waals surface area contributed by atoms with E-state index in [0.29, 0.717) is 27.7 Å². The molecule has 2 aromatic carbocycles. The third-order valence-electron chi connectivity index (χ3n) is 5.72. The summed E-state index contributed by atoms with van der Waals surface area (Å²) in [5, 5.41) is 0.969. The maximum Gasteiger partial charge on any atom is 0.363 e. The number of hydroxylamine groups is 4. The zero-order chi connectivity index (χ0) is 23.3. The quantitative estimate of drug-likeness (QED) is 0.552. The molecule has 2 saturated heterocycles. The van der Waals surface area contributed by atoms with Gasteiger partial charge in [0.2, 0.25) is 0 Å². The first-order valence-corrected chi connectivity index (χ1v) is 10.2. The van der Waals surface area contributed by atoms with E-state index < -0.39 is 35.6 Å². The molecule has 2 fully saturated rings. The van der Waals surface area contributed by atoms with Crippen molar-refractivity contribution in [2.24, 2.45) is 0 Å². The number of nitrogens with zero attached hydrogens (tertiary/aromatic N) is 2. The Balaban J connectivity index is 1.39. The number of amides is 4. The molecule has 0 bridgehead atoms. The lowest BCUT2D eigenvalue weighted by molar-refractivity contribution is -0.173. The van der Waals surface area contributed by atoms with Crippen LogP contribution in [-0.4, -0.2) is 45.7 Å². The molecule has 33 heavy (non-hydrogen) atoms. The van der Waals surface area contributed by atoms with E-state index in [2.05, 4.69) is 0 Å². The SMILES string of the molecule is O=C(ON1C(=O)CCC1=O)c1ccc2c(c1)-c1cc(C(=O)ON3C(=O)CCC3=O)ccc1C2. The van der Waals surface area contributed by atoms with Crippen molar-refractivity contribution in [1.82, 2.24) is 10.1 Å². The average molecular weight is 448 g/mol. The van der Waals surface area contributed by atoms with Gasteiger partial charge in [0.15, 0.2) is 0 Å². The summed E-state index contributed by atoms with van der Waals surface area (Å²) in [5.41, 5.74) is 3.45. The second-order valence-electron chi connectivity index (χ2n) is 7.84. The van der Waals surface area contributed by atoms with Gasteiger partial charge < -0.3 is 9.68 Å². The van der Waals surface area contributed by atoms with Crippen LogP contribution in [0.3, 0.4) is 0 Å². The van der Waals surface area contributed by atoms with Gasteiger partial charge in [0.25, 0.3) is 23.6 Å². The molecule has 2 heterocycles. The maximum atomic E-state index is 12.5. The van der Waals surface area contributed by atoms with Crippen LogP contribution in [0.1, 0.15) is 57.5 Å². The maximum absolute atomic E-state index is 12.5. The molecule has 5 rings (SSSR count). The Bertz CT molecular complexity index is 1150. The van der Waals surface area contributed by atoms with Gasteiger partial charge in [-0.2, -0.15) is 0 Å². The number of rotatable bonds is 4. The Labute approximate surface area is 186 Å². The summed E-state index contributed by atoms with van der Waals surface area (Å²) in [7, 11) is 0. The predicted octanol–water partition coefficient (Wildman–Crippen LogP) is 1.70. The summed E-state index contributed by atoms with van der Waals surface area (Å²) in [6, 6.07) is 9.68. The molecule has 0 unspecified atom stereocenters. The van der Waals surface area contributed by atoms with E-state index in [0.717, 1.165) is 11.1 Å². The van der Waals surface area contributed by atoms with E-state index in [1.165, 1.54) is 12.1 Å². The lowest BCUT2D eigenvalue weighted by Gasteiger charge is -2.14. The van der Waals surface area contributed by atoms with Crippen molar-refractivity contribution in [3.8, 4) is 11.1 Å². The lowest BCUT2D eigenvalue weighted by atomic mass is 10.0. The molecule has 10 nitrogen and oxygen atoms in total. The first-order valence-electron chi connectivity index (χ1n) is 10.2. The van der Waals surface area contributed by atoms with Crippen LogP contribution in [0, 0.1) is 0 Å². The van der Waals surface area contributed by atoms with Crippen LogP contribution < -0.4 is 0 Å². The summed E-state index contributed by atoms with van der Waals surface area (Å²) in [6.45, 7) is 0. The number of hydrogen-bond acceptors (Lipinski definition) is 8. The molecule has 0 spiro atoms. The first-order chi connectivity index (χ1) is 15.8. The molecular formula is C23H16N2O8. The lowest BCUT2D eigenvalue weighted by Crippen LogP contribution is -2.32. The Morgan fingerprint density at radius 1 is 0.606 bits per heavy atom. The fraction of sp³-hybridized carbons (Fsp3) is 0.217. The Hall–Kier alpha value is -4.34. The molecule has 166 valence electrons. The van der Waals surface area contributed by atoms with Gasteiger partial charge in [0.1, 0.15) is 0 Å². The second-order valence-corrected chi connectivity index (χ2v) is 7.84. The zero-order valence-electron chi connectivity index (χ0n) is 17.2. The summed E-state index contributed by atoms with van der Waals surface area (Å²) >= 11 is 0. The largest absolute Gasteiger partial charge is 0.363 e. The minimum atomic E-state index is -0.850. The summed E-state index contributed by atoms with van der Waals surface area (Å²) in [4.78, 5) is 81.8. The molecular weight excluding hydrogens is 432 g/mol. The number of carbonyl (C=O) groups is 6. The van der Waals surface area contributed by atoms with Crippen LogP contribution in [-0.2, 0) is 35.3 Å². The molecule has 0 radical (unpaired) electrons. The minimum Gasteiger partial charge on any atom is -0.325 e. The third-order valence-corrected chi connectivity index (χ3v) is 5.72. The van der Waals surface area contributed by atoms with Gasteiger partial charge in [-0.1, -0.05) is 12.1 Å². The molecule has 10 heteroatoms. The van der Waals surface area contributed by atoms with E-state index in [9.17, 15) is 28.8 Å². The third kappa shape index (κ3) is 3.55. The molecule has 2 aliphatic heterocycles. The zero-order valence-corrected chi connectivity index (χ0v) is 17.2. The highest BCUT2D eigenvalue weighted by molar-refractivity contribution is 6.04. The number of hydrogen-bond donors (Lipinski definition) is 0. The van der Waals surface area contributed by atoms with Crippen LogP contribution in [0.5, 0.6) is 0 Å². The Morgan fingerprint density at radius 3 is 1.33 bits per heavy atom. The average Bonchev–Trinajstić information content (AvgIpc) is 3.44. The Kier molecular flexibility index (Phi) is 4.77.